The molecule has 3 rings (SSSR count). The lowest BCUT2D eigenvalue weighted by Gasteiger charge is -2.32. The maximum Gasteiger partial charge on any atom is 0.494 e. The summed E-state index contributed by atoms with van der Waals surface area (Å²) in [6.45, 7) is 15.7. The van der Waals surface area contributed by atoms with Gasteiger partial charge >= 0.3 is 13.2 Å². The SMILES string of the molecule is CC(C)(C)Cc1cc(B2OC(C)(C)C(C)(C)O2)cc2c1OCCN(C(=O)O)C2. The fraction of sp³-hybridized carbons (Fsp3) is 0.667. The molecule has 0 atom stereocenters. The van der Waals surface area contributed by atoms with E-state index in [2.05, 4.69) is 26.8 Å². The van der Waals surface area contributed by atoms with Crippen LogP contribution in [0.2, 0.25) is 0 Å². The molecule has 0 aliphatic carbocycles. The van der Waals surface area contributed by atoms with E-state index in [0.29, 0.717) is 19.7 Å². The van der Waals surface area contributed by atoms with Crippen molar-refractivity contribution in [1.82, 2.24) is 4.90 Å². The Bertz CT molecular complexity index is 753. The summed E-state index contributed by atoms with van der Waals surface area (Å²) in [6.07, 6.45) is -0.120. The van der Waals surface area contributed by atoms with Crippen LogP contribution in [-0.2, 0) is 22.3 Å². The number of hydrogen-bond acceptors (Lipinski definition) is 4. The Kier molecular flexibility index (Phi) is 5.22. The molecule has 154 valence electrons. The summed E-state index contributed by atoms with van der Waals surface area (Å²) in [6, 6.07) is 4.08. The van der Waals surface area contributed by atoms with Crippen LogP contribution in [0.25, 0.3) is 0 Å². The van der Waals surface area contributed by atoms with Gasteiger partial charge in [0.05, 0.1) is 24.3 Å². The van der Waals surface area contributed by atoms with Crippen LogP contribution in [-0.4, -0.2) is 47.6 Å². The Morgan fingerprint density at radius 2 is 1.79 bits per heavy atom. The second-order valence-electron chi connectivity index (χ2n) is 10.0. The Hall–Kier alpha value is -1.73. The highest BCUT2D eigenvalue weighted by atomic mass is 16.7. The molecule has 1 fully saturated rings. The van der Waals surface area contributed by atoms with Gasteiger partial charge in [-0.1, -0.05) is 32.9 Å². The van der Waals surface area contributed by atoms with Crippen LogP contribution in [0.5, 0.6) is 5.75 Å². The third-order valence-corrected chi connectivity index (χ3v) is 5.75. The zero-order valence-corrected chi connectivity index (χ0v) is 18.1. The molecule has 2 aliphatic heterocycles. The average Bonchev–Trinajstić information content (AvgIpc) is 2.69. The maximum atomic E-state index is 11.6. The lowest BCUT2D eigenvalue weighted by atomic mass is 9.75. The van der Waals surface area contributed by atoms with Gasteiger partial charge in [0, 0.05) is 5.56 Å². The van der Waals surface area contributed by atoms with Crippen LogP contribution >= 0.6 is 0 Å². The number of rotatable bonds is 2. The minimum Gasteiger partial charge on any atom is -0.491 e. The number of carboxylic acid groups (broad SMARTS) is 1. The molecule has 0 spiro atoms. The third-order valence-electron chi connectivity index (χ3n) is 5.75. The summed E-state index contributed by atoms with van der Waals surface area (Å²) >= 11 is 0. The average molecular weight is 389 g/mol. The van der Waals surface area contributed by atoms with E-state index < -0.39 is 24.4 Å². The lowest BCUT2D eigenvalue weighted by molar-refractivity contribution is 0.00578. The molecule has 0 bridgehead atoms. The smallest absolute Gasteiger partial charge is 0.491 e. The van der Waals surface area contributed by atoms with Gasteiger partial charge in [0.25, 0.3) is 0 Å². The number of nitrogens with zero attached hydrogens (tertiary/aromatic N) is 1. The van der Waals surface area contributed by atoms with E-state index in [4.69, 9.17) is 14.0 Å². The predicted octanol–water partition coefficient (Wildman–Crippen LogP) is 3.45. The molecule has 1 saturated heterocycles. The van der Waals surface area contributed by atoms with E-state index in [9.17, 15) is 9.90 Å². The zero-order valence-electron chi connectivity index (χ0n) is 18.1. The first-order valence-corrected chi connectivity index (χ1v) is 9.91. The van der Waals surface area contributed by atoms with E-state index in [1.54, 1.807) is 0 Å². The Labute approximate surface area is 168 Å². The van der Waals surface area contributed by atoms with E-state index >= 15 is 0 Å². The van der Waals surface area contributed by atoms with Crippen molar-refractivity contribution in [3.63, 3.8) is 0 Å². The minimum atomic E-state index is -0.935. The van der Waals surface area contributed by atoms with Crippen LogP contribution in [0.15, 0.2) is 12.1 Å². The molecule has 2 heterocycles. The van der Waals surface area contributed by atoms with E-state index in [0.717, 1.165) is 28.8 Å². The molecule has 0 aromatic heterocycles. The van der Waals surface area contributed by atoms with Gasteiger partial charge in [-0.15, -0.1) is 0 Å². The normalized spacial score (nSPS) is 21.1. The number of benzene rings is 1. The molecule has 1 aromatic carbocycles. The first-order chi connectivity index (χ1) is 12.8. The molecule has 1 amide bonds. The van der Waals surface area contributed by atoms with Crippen molar-refractivity contribution >= 4 is 18.7 Å². The Balaban J connectivity index is 2.05. The highest BCUT2D eigenvalue weighted by Gasteiger charge is 2.52. The molecule has 28 heavy (non-hydrogen) atoms. The van der Waals surface area contributed by atoms with Gasteiger partial charge in [-0.2, -0.15) is 0 Å². The van der Waals surface area contributed by atoms with Crippen LogP contribution in [0.1, 0.15) is 59.6 Å². The number of carbonyl (C=O) groups is 1. The summed E-state index contributed by atoms with van der Waals surface area (Å²) in [5, 5.41) is 9.48. The number of hydrogen-bond donors (Lipinski definition) is 1. The van der Waals surface area contributed by atoms with E-state index in [-0.39, 0.29) is 5.41 Å². The van der Waals surface area contributed by atoms with Gasteiger partial charge in [-0.25, -0.2) is 4.79 Å². The third kappa shape index (κ3) is 4.15. The topological polar surface area (TPSA) is 68.2 Å². The Morgan fingerprint density at radius 1 is 1.18 bits per heavy atom. The molecule has 0 radical (unpaired) electrons. The van der Waals surface area contributed by atoms with Crippen LogP contribution in [0, 0.1) is 5.41 Å². The summed E-state index contributed by atoms with van der Waals surface area (Å²) in [7, 11) is -0.490. The molecule has 0 saturated carbocycles. The lowest BCUT2D eigenvalue weighted by Crippen LogP contribution is -2.41. The van der Waals surface area contributed by atoms with Crippen molar-refractivity contribution in [2.45, 2.75) is 72.6 Å². The summed E-state index contributed by atoms with van der Waals surface area (Å²) in [5.41, 5.74) is 2.04. The van der Waals surface area contributed by atoms with Gasteiger partial charge < -0.3 is 24.1 Å². The van der Waals surface area contributed by atoms with Gasteiger partial charge in [0.2, 0.25) is 0 Å². The number of fused-ring (bicyclic) bond motifs is 1. The van der Waals surface area contributed by atoms with Crippen molar-refractivity contribution < 1.29 is 23.9 Å². The first kappa shape index (κ1) is 21.0. The minimum absolute atomic E-state index is 0.0600. The molecule has 0 unspecified atom stereocenters. The van der Waals surface area contributed by atoms with Crippen molar-refractivity contribution in [1.29, 1.82) is 0 Å². The first-order valence-electron chi connectivity index (χ1n) is 9.91. The van der Waals surface area contributed by atoms with Crippen LogP contribution in [0.4, 0.5) is 4.79 Å². The van der Waals surface area contributed by atoms with Crippen molar-refractivity contribution in [2.24, 2.45) is 5.41 Å². The molecular weight excluding hydrogens is 357 g/mol. The highest BCUT2D eigenvalue weighted by molar-refractivity contribution is 6.62. The fourth-order valence-corrected chi connectivity index (χ4v) is 3.61. The van der Waals surface area contributed by atoms with Crippen LogP contribution < -0.4 is 10.2 Å². The van der Waals surface area contributed by atoms with Gasteiger partial charge in [0.1, 0.15) is 12.4 Å². The standard InChI is InChI=1S/C21H32BNO5/c1-19(2,3)12-14-10-16(22-27-20(4,5)21(6,7)28-22)11-15-13-23(18(24)25)8-9-26-17(14)15/h10-11H,8-9,12-13H2,1-7H3,(H,24,25). The second-order valence-corrected chi connectivity index (χ2v) is 10.0. The van der Waals surface area contributed by atoms with Gasteiger partial charge in [-0.05, 0) is 50.6 Å². The monoisotopic (exact) mass is 389 g/mol. The summed E-state index contributed by atoms with van der Waals surface area (Å²) < 4.78 is 18.5. The molecule has 2 aliphatic rings. The number of ether oxygens (including phenoxy) is 1. The zero-order chi connectivity index (χ0) is 20.9. The molecular formula is C21H32BNO5. The molecule has 6 nitrogen and oxygen atoms in total. The molecule has 7 heteroatoms. The fourth-order valence-electron chi connectivity index (χ4n) is 3.61. The quantitative estimate of drug-likeness (QED) is 0.785. The molecule has 1 aromatic rings. The number of amides is 1. The summed E-state index contributed by atoms with van der Waals surface area (Å²) in [5.74, 6) is 0.805. The largest absolute Gasteiger partial charge is 0.494 e. The van der Waals surface area contributed by atoms with E-state index in [1.807, 2.05) is 33.8 Å². The maximum absolute atomic E-state index is 11.6. The second kappa shape index (κ2) is 6.96. The molecule has 1 N–H and O–H groups in total. The summed E-state index contributed by atoms with van der Waals surface area (Å²) in [4.78, 5) is 13.0. The van der Waals surface area contributed by atoms with Crippen LogP contribution in [0.3, 0.4) is 0 Å². The predicted molar refractivity (Wildman–Crippen MR) is 109 cm³/mol. The van der Waals surface area contributed by atoms with Gasteiger partial charge in [-0.3, -0.25) is 0 Å². The van der Waals surface area contributed by atoms with Crippen molar-refractivity contribution in [2.75, 3.05) is 13.2 Å². The van der Waals surface area contributed by atoms with E-state index in [1.165, 1.54) is 4.90 Å². The van der Waals surface area contributed by atoms with Crippen molar-refractivity contribution in [3.05, 3.63) is 23.3 Å². The Morgan fingerprint density at radius 3 is 2.32 bits per heavy atom. The van der Waals surface area contributed by atoms with Crippen molar-refractivity contribution in [3.8, 4) is 5.75 Å². The highest BCUT2D eigenvalue weighted by Crippen LogP contribution is 2.38. The van der Waals surface area contributed by atoms with Gasteiger partial charge in [0.15, 0.2) is 0 Å².